The first-order valence-electron chi connectivity index (χ1n) is 7.45. The lowest BCUT2D eigenvalue weighted by molar-refractivity contribution is 0.174. The Labute approximate surface area is 123 Å². The van der Waals surface area contributed by atoms with Crippen molar-refractivity contribution < 1.29 is 14.0 Å². The smallest absolute Gasteiger partial charge is 0.231 e. The maximum Gasteiger partial charge on any atom is 0.231 e. The van der Waals surface area contributed by atoms with Gasteiger partial charge < -0.3 is 19.7 Å². The number of anilines is 1. The molecule has 1 aliphatic heterocycles. The van der Waals surface area contributed by atoms with E-state index in [-0.39, 0.29) is 6.79 Å². The van der Waals surface area contributed by atoms with Crippen LogP contribution in [0, 0.1) is 5.92 Å². The molecule has 1 saturated carbocycles. The molecule has 2 N–H and O–H groups in total. The van der Waals surface area contributed by atoms with Crippen LogP contribution < -0.4 is 15.2 Å². The standard InChI is InChI=1S/C16H18N2O3/c17-16-15(11-5-6-12-13(8-11)20-9-19-12)14(21-18-16)7-10-3-1-2-4-10/h5-6,8,10H,1-4,7,9H2,(H2,17,18). The van der Waals surface area contributed by atoms with Crippen LogP contribution in [-0.2, 0) is 6.42 Å². The van der Waals surface area contributed by atoms with E-state index in [2.05, 4.69) is 5.16 Å². The number of ether oxygens (including phenoxy) is 2. The molecule has 1 fully saturated rings. The number of benzene rings is 1. The molecule has 21 heavy (non-hydrogen) atoms. The van der Waals surface area contributed by atoms with Gasteiger partial charge in [-0.15, -0.1) is 0 Å². The molecule has 4 rings (SSSR count). The van der Waals surface area contributed by atoms with Crippen LogP contribution in [0.3, 0.4) is 0 Å². The second-order valence-electron chi connectivity index (χ2n) is 5.79. The Balaban J connectivity index is 1.69. The molecule has 5 nitrogen and oxygen atoms in total. The van der Waals surface area contributed by atoms with Crippen molar-refractivity contribution in [3.05, 3.63) is 24.0 Å². The maximum absolute atomic E-state index is 6.02. The minimum absolute atomic E-state index is 0.271. The van der Waals surface area contributed by atoms with Gasteiger partial charge in [-0.3, -0.25) is 0 Å². The topological polar surface area (TPSA) is 70.5 Å². The quantitative estimate of drug-likeness (QED) is 0.936. The molecule has 1 aromatic heterocycles. The van der Waals surface area contributed by atoms with Crippen LogP contribution in [0.2, 0.25) is 0 Å². The predicted molar refractivity (Wildman–Crippen MR) is 78.1 cm³/mol. The average Bonchev–Trinajstić information content (AvgIpc) is 3.20. The summed E-state index contributed by atoms with van der Waals surface area (Å²) in [6.45, 7) is 0.271. The zero-order valence-electron chi connectivity index (χ0n) is 11.8. The summed E-state index contributed by atoms with van der Waals surface area (Å²) in [6.07, 6.45) is 6.07. The van der Waals surface area contributed by atoms with Crippen LogP contribution in [0.15, 0.2) is 22.7 Å². The first-order chi connectivity index (χ1) is 10.3. The van der Waals surface area contributed by atoms with Gasteiger partial charge in [0.2, 0.25) is 6.79 Å². The van der Waals surface area contributed by atoms with Gasteiger partial charge in [-0.25, -0.2) is 0 Å². The number of aromatic nitrogens is 1. The van der Waals surface area contributed by atoms with Crippen LogP contribution in [0.25, 0.3) is 11.1 Å². The van der Waals surface area contributed by atoms with Gasteiger partial charge in [-0.1, -0.05) is 36.9 Å². The van der Waals surface area contributed by atoms with Crippen molar-refractivity contribution in [3.63, 3.8) is 0 Å². The first-order valence-corrected chi connectivity index (χ1v) is 7.45. The monoisotopic (exact) mass is 286 g/mol. The van der Waals surface area contributed by atoms with Crippen molar-refractivity contribution >= 4 is 5.82 Å². The fourth-order valence-electron chi connectivity index (χ4n) is 3.32. The molecule has 5 heteroatoms. The molecule has 1 aliphatic carbocycles. The Morgan fingerprint density at radius 3 is 2.81 bits per heavy atom. The molecule has 2 heterocycles. The van der Waals surface area contributed by atoms with Crippen molar-refractivity contribution in [2.45, 2.75) is 32.1 Å². The fourth-order valence-corrected chi connectivity index (χ4v) is 3.32. The SMILES string of the molecule is Nc1noc(CC2CCCC2)c1-c1ccc2c(c1)OCO2. The number of nitrogen functional groups attached to an aromatic ring is 1. The Kier molecular flexibility index (Phi) is 2.98. The second-order valence-corrected chi connectivity index (χ2v) is 5.79. The minimum atomic E-state index is 0.271. The van der Waals surface area contributed by atoms with Crippen molar-refractivity contribution in [3.8, 4) is 22.6 Å². The zero-order valence-corrected chi connectivity index (χ0v) is 11.8. The molecule has 1 aromatic carbocycles. The largest absolute Gasteiger partial charge is 0.454 e. The van der Waals surface area contributed by atoms with Gasteiger partial charge in [-0.05, 0) is 23.6 Å². The van der Waals surface area contributed by atoms with Gasteiger partial charge in [0.25, 0.3) is 0 Å². The normalized spacial score (nSPS) is 17.5. The highest BCUT2D eigenvalue weighted by Crippen LogP contribution is 2.40. The number of hydrogen-bond donors (Lipinski definition) is 1. The molecule has 0 saturated heterocycles. The second kappa shape index (κ2) is 4.98. The predicted octanol–water partition coefficient (Wildman–Crippen LogP) is 3.39. The molecule has 0 spiro atoms. The lowest BCUT2D eigenvalue weighted by atomic mass is 9.97. The van der Waals surface area contributed by atoms with Crippen molar-refractivity contribution in [1.29, 1.82) is 0 Å². The Morgan fingerprint density at radius 1 is 1.14 bits per heavy atom. The van der Waals surface area contributed by atoms with E-state index in [0.29, 0.717) is 11.7 Å². The molecule has 2 aromatic rings. The van der Waals surface area contributed by atoms with E-state index in [4.69, 9.17) is 19.7 Å². The number of rotatable bonds is 3. The molecular weight excluding hydrogens is 268 g/mol. The van der Waals surface area contributed by atoms with Crippen molar-refractivity contribution in [1.82, 2.24) is 5.16 Å². The Morgan fingerprint density at radius 2 is 1.95 bits per heavy atom. The molecule has 0 amide bonds. The van der Waals surface area contributed by atoms with Gasteiger partial charge in [0.05, 0.1) is 5.56 Å². The number of nitrogens with two attached hydrogens (primary N) is 1. The van der Waals surface area contributed by atoms with E-state index in [0.717, 1.165) is 34.8 Å². The highest BCUT2D eigenvalue weighted by molar-refractivity contribution is 5.77. The van der Waals surface area contributed by atoms with Crippen molar-refractivity contribution in [2.75, 3.05) is 12.5 Å². The third-order valence-corrected chi connectivity index (χ3v) is 4.40. The Bertz CT molecular complexity index is 660. The van der Waals surface area contributed by atoms with E-state index in [9.17, 15) is 0 Å². The molecule has 0 bridgehead atoms. The van der Waals surface area contributed by atoms with Crippen LogP contribution in [0.5, 0.6) is 11.5 Å². The minimum Gasteiger partial charge on any atom is -0.454 e. The third-order valence-electron chi connectivity index (χ3n) is 4.40. The first kappa shape index (κ1) is 12.6. The van der Waals surface area contributed by atoms with Gasteiger partial charge in [0.1, 0.15) is 5.76 Å². The molecule has 0 atom stereocenters. The summed E-state index contributed by atoms with van der Waals surface area (Å²) in [6, 6.07) is 5.83. The van der Waals surface area contributed by atoms with Crippen LogP contribution in [-0.4, -0.2) is 11.9 Å². The summed E-state index contributed by atoms with van der Waals surface area (Å²) in [5.41, 5.74) is 7.90. The van der Waals surface area contributed by atoms with Crippen LogP contribution >= 0.6 is 0 Å². The van der Waals surface area contributed by atoms with Crippen molar-refractivity contribution in [2.24, 2.45) is 5.92 Å². The number of fused-ring (bicyclic) bond motifs is 1. The summed E-state index contributed by atoms with van der Waals surface area (Å²) in [5, 5.41) is 3.96. The summed E-state index contributed by atoms with van der Waals surface area (Å²) >= 11 is 0. The molecule has 0 unspecified atom stereocenters. The zero-order chi connectivity index (χ0) is 14.2. The van der Waals surface area contributed by atoms with E-state index in [1.54, 1.807) is 0 Å². The molecule has 0 radical (unpaired) electrons. The van der Waals surface area contributed by atoms with E-state index >= 15 is 0 Å². The summed E-state index contributed by atoms with van der Waals surface area (Å²) in [4.78, 5) is 0. The average molecular weight is 286 g/mol. The van der Waals surface area contributed by atoms with Crippen LogP contribution in [0.4, 0.5) is 5.82 Å². The van der Waals surface area contributed by atoms with Gasteiger partial charge in [-0.2, -0.15) is 0 Å². The Hall–Kier alpha value is -2.17. The highest BCUT2D eigenvalue weighted by Gasteiger charge is 2.24. The molecular formula is C16H18N2O3. The molecule has 110 valence electrons. The van der Waals surface area contributed by atoms with Crippen LogP contribution in [0.1, 0.15) is 31.4 Å². The van der Waals surface area contributed by atoms with E-state index in [1.807, 2.05) is 18.2 Å². The molecule has 2 aliphatic rings. The summed E-state index contributed by atoms with van der Waals surface area (Å²) in [7, 11) is 0. The summed E-state index contributed by atoms with van der Waals surface area (Å²) in [5.74, 6) is 3.54. The fraction of sp³-hybridized carbons (Fsp3) is 0.438. The number of nitrogens with zero attached hydrogens (tertiary/aromatic N) is 1. The lowest BCUT2D eigenvalue weighted by Gasteiger charge is -2.08. The lowest BCUT2D eigenvalue weighted by Crippen LogP contribution is -1.99. The number of hydrogen-bond acceptors (Lipinski definition) is 5. The highest BCUT2D eigenvalue weighted by atomic mass is 16.7. The van der Waals surface area contributed by atoms with Gasteiger partial charge in [0, 0.05) is 6.42 Å². The van der Waals surface area contributed by atoms with E-state index in [1.165, 1.54) is 25.7 Å². The maximum atomic E-state index is 6.02. The van der Waals surface area contributed by atoms with Gasteiger partial charge in [0.15, 0.2) is 17.3 Å². The van der Waals surface area contributed by atoms with Gasteiger partial charge >= 0.3 is 0 Å². The van der Waals surface area contributed by atoms with E-state index < -0.39 is 0 Å². The third kappa shape index (κ3) is 2.22. The summed E-state index contributed by atoms with van der Waals surface area (Å²) < 4.78 is 16.3.